The highest BCUT2D eigenvalue weighted by Gasteiger charge is 2.59. The third kappa shape index (κ3) is 3.03. The van der Waals surface area contributed by atoms with Crippen molar-refractivity contribution in [3.05, 3.63) is 42.0 Å². The number of carbonyl (C=O) groups excluding carboxylic acids is 1. The minimum absolute atomic E-state index is 0.105. The van der Waals surface area contributed by atoms with Crippen LogP contribution in [0.3, 0.4) is 0 Å². The second kappa shape index (κ2) is 7.43. The number of hydrogen-bond donors (Lipinski definition) is 1. The number of carbonyl (C=O) groups is 1. The average Bonchev–Trinajstić information content (AvgIpc) is 3.09. The number of amides is 1. The first-order valence-corrected chi connectivity index (χ1v) is 12.1. The highest BCUT2D eigenvalue weighted by molar-refractivity contribution is 5.89. The highest BCUT2D eigenvalue weighted by Crippen LogP contribution is 2.65. The third-order valence-electron chi connectivity index (χ3n) is 9.84. The van der Waals surface area contributed by atoms with E-state index >= 15 is 0 Å². The van der Waals surface area contributed by atoms with Gasteiger partial charge in [-0.15, -0.1) is 0 Å². The molecular formula is C27H37NO2. The number of ether oxygens (including phenoxy) is 1. The third-order valence-corrected chi connectivity index (χ3v) is 9.84. The number of rotatable bonds is 4. The number of para-hydroxylation sites is 1. The molecule has 1 heterocycles. The van der Waals surface area contributed by atoms with Crippen LogP contribution in [0.25, 0.3) is 0 Å². The standard InChI is InChI=1S/C27H37NO2/c1-26-16-14-22-20(11-13-24-27(22,2)17-15-25(29)28-24)21(26)12-10-19(26)9-8-18-6-4-5-7-23(18)30-3/h4-7,15,17,19-22,24H,8-14,16H2,1-3H3,(H,28,29)/t19-,20-,21-,22-,24+,26+,27+/m0/s1. The molecule has 1 aromatic rings. The van der Waals surface area contributed by atoms with Gasteiger partial charge in [0.05, 0.1) is 7.11 Å². The van der Waals surface area contributed by atoms with E-state index in [1.54, 1.807) is 13.2 Å². The van der Waals surface area contributed by atoms with Crippen LogP contribution in [0, 0.1) is 34.5 Å². The minimum Gasteiger partial charge on any atom is -0.496 e. The Kier molecular flexibility index (Phi) is 4.99. The van der Waals surface area contributed by atoms with E-state index < -0.39 is 0 Å². The maximum atomic E-state index is 11.9. The topological polar surface area (TPSA) is 38.3 Å². The molecule has 4 aliphatic rings. The molecule has 3 fully saturated rings. The number of fused-ring (bicyclic) bond motifs is 5. The first-order valence-electron chi connectivity index (χ1n) is 12.1. The predicted octanol–water partition coefficient (Wildman–Crippen LogP) is 5.54. The molecule has 1 aromatic carbocycles. The number of hydrogen-bond acceptors (Lipinski definition) is 2. The van der Waals surface area contributed by atoms with Crippen LogP contribution >= 0.6 is 0 Å². The summed E-state index contributed by atoms with van der Waals surface area (Å²) in [6.45, 7) is 5.03. The molecule has 0 bridgehead atoms. The molecule has 3 nitrogen and oxygen atoms in total. The van der Waals surface area contributed by atoms with Crippen LogP contribution in [0.15, 0.2) is 36.4 Å². The number of methoxy groups -OCH3 is 1. The summed E-state index contributed by atoms with van der Waals surface area (Å²) in [6, 6.07) is 8.86. The maximum Gasteiger partial charge on any atom is 0.243 e. The van der Waals surface area contributed by atoms with Crippen LogP contribution < -0.4 is 10.1 Å². The summed E-state index contributed by atoms with van der Waals surface area (Å²) in [4.78, 5) is 11.9. The summed E-state index contributed by atoms with van der Waals surface area (Å²) in [5, 5.41) is 3.28. The summed E-state index contributed by atoms with van der Waals surface area (Å²) < 4.78 is 5.60. The predicted molar refractivity (Wildman–Crippen MR) is 120 cm³/mol. The largest absolute Gasteiger partial charge is 0.496 e. The van der Waals surface area contributed by atoms with Crippen molar-refractivity contribution in [1.82, 2.24) is 5.32 Å². The van der Waals surface area contributed by atoms with Crippen LogP contribution in [-0.2, 0) is 11.2 Å². The molecule has 7 atom stereocenters. The zero-order chi connectivity index (χ0) is 20.9. The molecule has 0 aromatic heterocycles. The fraction of sp³-hybridized carbons (Fsp3) is 0.667. The second-order valence-corrected chi connectivity index (χ2v) is 10.9. The van der Waals surface area contributed by atoms with E-state index in [1.165, 1.54) is 44.1 Å². The lowest BCUT2D eigenvalue weighted by Gasteiger charge is -2.59. The molecular weight excluding hydrogens is 370 g/mol. The molecule has 1 aliphatic heterocycles. The molecule has 1 N–H and O–H groups in total. The van der Waals surface area contributed by atoms with Gasteiger partial charge >= 0.3 is 0 Å². The lowest BCUT2D eigenvalue weighted by atomic mass is 9.48. The minimum atomic E-state index is 0.105. The molecule has 0 saturated heterocycles. The van der Waals surface area contributed by atoms with E-state index in [0.29, 0.717) is 11.5 Å². The molecule has 1 amide bonds. The van der Waals surface area contributed by atoms with E-state index in [4.69, 9.17) is 4.74 Å². The van der Waals surface area contributed by atoms with E-state index in [9.17, 15) is 4.79 Å². The summed E-state index contributed by atoms with van der Waals surface area (Å²) >= 11 is 0. The summed E-state index contributed by atoms with van der Waals surface area (Å²) in [6.07, 6.45) is 14.3. The number of aryl methyl sites for hydroxylation is 1. The second-order valence-electron chi connectivity index (χ2n) is 10.9. The Bertz CT molecular complexity index is 847. The molecule has 162 valence electrons. The monoisotopic (exact) mass is 407 g/mol. The molecule has 3 saturated carbocycles. The fourth-order valence-corrected chi connectivity index (χ4v) is 8.16. The van der Waals surface area contributed by atoms with Crippen molar-refractivity contribution in [1.29, 1.82) is 0 Å². The zero-order valence-corrected chi connectivity index (χ0v) is 18.8. The van der Waals surface area contributed by atoms with E-state index in [1.807, 2.05) is 0 Å². The van der Waals surface area contributed by atoms with Crippen LogP contribution in [0.4, 0.5) is 0 Å². The van der Waals surface area contributed by atoms with Crippen molar-refractivity contribution >= 4 is 5.91 Å². The molecule has 5 rings (SSSR count). The van der Waals surface area contributed by atoms with Crippen molar-refractivity contribution in [2.24, 2.45) is 34.5 Å². The maximum absolute atomic E-state index is 11.9. The molecule has 30 heavy (non-hydrogen) atoms. The molecule has 3 aliphatic carbocycles. The van der Waals surface area contributed by atoms with Crippen LogP contribution in [0.1, 0.15) is 64.4 Å². The SMILES string of the molecule is COc1ccccc1CC[C@H]1CC[C@H]2[C@@H]3CC[C@H]4NC(=O)C=C[C@]4(C)[C@H]3CC[C@]12C. The fourth-order valence-electron chi connectivity index (χ4n) is 8.16. The number of nitrogens with one attached hydrogen (secondary N) is 1. The normalized spacial score (nSPS) is 42.1. The first kappa shape index (κ1) is 20.2. The van der Waals surface area contributed by atoms with Gasteiger partial charge in [0.15, 0.2) is 0 Å². The van der Waals surface area contributed by atoms with Gasteiger partial charge in [-0.3, -0.25) is 4.79 Å². The van der Waals surface area contributed by atoms with Gasteiger partial charge in [-0.25, -0.2) is 0 Å². The van der Waals surface area contributed by atoms with E-state index in [2.05, 4.69) is 49.5 Å². The lowest BCUT2D eigenvalue weighted by Crippen LogP contribution is -2.59. The molecule has 0 unspecified atom stereocenters. The van der Waals surface area contributed by atoms with E-state index in [0.717, 1.165) is 42.3 Å². The summed E-state index contributed by atoms with van der Waals surface area (Å²) in [5.41, 5.74) is 1.98. The Morgan fingerprint density at radius 3 is 2.73 bits per heavy atom. The zero-order valence-electron chi connectivity index (χ0n) is 18.8. The number of benzene rings is 1. The van der Waals surface area contributed by atoms with Gasteiger partial charge in [0.25, 0.3) is 0 Å². The lowest BCUT2D eigenvalue weighted by molar-refractivity contribution is -0.122. The van der Waals surface area contributed by atoms with Gasteiger partial charge in [0.2, 0.25) is 5.91 Å². The Morgan fingerprint density at radius 1 is 1.07 bits per heavy atom. The van der Waals surface area contributed by atoms with Crippen molar-refractivity contribution in [3.8, 4) is 5.75 Å². The summed E-state index contributed by atoms with van der Waals surface area (Å²) in [5.74, 6) is 4.36. The van der Waals surface area contributed by atoms with Crippen molar-refractivity contribution in [2.75, 3.05) is 7.11 Å². The molecule has 3 heteroatoms. The van der Waals surface area contributed by atoms with Gasteiger partial charge in [-0.2, -0.15) is 0 Å². The Hall–Kier alpha value is -1.77. The Balaban J connectivity index is 1.33. The molecule has 0 spiro atoms. The van der Waals surface area contributed by atoms with Gasteiger partial charge in [0, 0.05) is 11.5 Å². The molecule has 0 radical (unpaired) electrons. The highest BCUT2D eigenvalue weighted by atomic mass is 16.5. The van der Waals surface area contributed by atoms with Crippen molar-refractivity contribution < 1.29 is 9.53 Å². The van der Waals surface area contributed by atoms with Crippen molar-refractivity contribution in [3.63, 3.8) is 0 Å². The Morgan fingerprint density at radius 2 is 1.90 bits per heavy atom. The van der Waals surface area contributed by atoms with Gasteiger partial charge in [-0.05, 0) is 98.2 Å². The first-order chi connectivity index (χ1) is 14.5. The van der Waals surface area contributed by atoms with Crippen LogP contribution in [0.2, 0.25) is 0 Å². The van der Waals surface area contributed by atoms with Crippen LogP contribution in [-0.4, -0.2) is 19.1 Å². The Labute approximate surface area is 181 Å². The van der Waals surface area contributed by atoms with Crippen LogP contribution in [0.5, 0.6) is 5.75 Å². The summed E-state index contributed by atoms with van der Waals surface area (Å²) in [7, 11) is 1.78. The van der Waals surface area contributed by atoms with Gasteiger partial charge in [-0.1, -0.05) is 38.1 Å². The van der Waals surface area contributed by atoms with Gasteiger partial charge < -0.3 is 10.1 Å². The quantitative estimate of drug-likeness (QED) is 0.711. The smallest absolute Gasteiger partial charge is 0.243 e. The van der Waals surface area contributed by atoms with Crippen molar-refractivity contribution in [2.45, 2.75) is 71.3 Å². The van der Waals surface area contributed by atoms with E-state index in [-0.39, 0.29) is 11.3 Å². The average molecular weight is 408 g/mol. The van der Waals surface area contributed by atoms with Gasteiger partial charge in [0.1, 0.15) is 5.75 Å².